The summed E-state index contributed by atoms with van der Waals surface area (Å²) in [4.78, 5) is 4.49. The quantitative estimate of drug-likeness (QED) is 0.885. The number of nitrogens with one attached hydrogen (secondary N) is 1. The molecule has 0 unspecified atom stereocenters. The number of imidazole rings is 1. The second-order valence-electron chi connectivity index (χ2n) is 4.82. The Bertz CT molecular complexity index is 558. The molecule has 0 radical (unpaired) electrons. The van der Waals surface area contributed by atoms with E-state index in [0.717, 1.165) is 17.3 Å². The van der Waals surface area contributed by atoms with Gasteiger partial charge in [-0.15, -0.1) is 0 Å². The number of halogens is 1. The topological polar surface area (TPSA) is 29.9 Å². The van der Waals surface area contributed by atoms with Crippen LogP contribution in [0.1, 0.15) is 31.1 Å². The summed E-state index contributed by atoms with van der Waals surface area (Å²) in [5.74, 6) is 0.829. The minimum Gasteiger partial charge on any atom is -0.324 e. The van der Waals surface area contributed by atoms with Crippen molar-refractivity contribution in [2.75, 3.05) is 5.32 Å². The van der Waals surface area contributed by atoms with Crippen LogP contribution >= 0.6 is 11.6 Å². The number of nitrogens with zero attached hydrogens (tertiary/aromatic N) is 2. The number of hydrogen-bond donors (Lipinski definition) is 1. The highest BCUT2D eigenvalue weighted by Crippen LogP contribution is 2.27. The highest BCUT2D eigenvalue weighted by Gasteiger charge is 2.10. The van der Waals surface area contributed by atoms with Crippen molar-refractivity contribution >= 4 is 23.2 Å². The molecule has 2 aromatic rings. The predicted octanol–water partition coefficient (Wildman–Crippen LogP) is 4.48. The molecule has 1 N–H and O–H groups in total. The molecule has 0 saturated carbocycles. The summed E-state index contributed by atoms with van der Waals surface area (Å²) in [6, 6.07) is 6.27. The Morgan fingerprint density at radius 3 is 2.67 bits per heavy atom. The fourth-order valence-electron chi connectivity index (χ4n) is 1.86. The van der Waals surface area contributed by atoms with E-state index in [4.69, 9.17) is 11.6 Å². The Morgan fingerprint density at radius 1 is 1.28 bits per heavy atom. The molecule has 0 aliphatic rings. The van der Waals surface area contributed by atoms with E-state index < -0.39 is 0 Å². The van der Waals surface area contributed by atoms with Crippen LogP contribution in [0.3, 0.4) is 0 Å². The second-order valence-corrected chi connectivity index (χ2v) is 5.22. The van der Waals surface area contributed by atoms with Crippen molar-refractivity contribution in [2.24, 2.45) is 0 Å². The van der Waals surface area contributed by atoms with Gasteiger partial charge >= 0.3 is 0 Å². The van der Waals surface area contributed by atoms with Crippen LogP contribution in [0.2, 0.25) is 5.02 Å². The van der Waals surface area contributed by atoms with Gasteiger partial charge in [0.15, 0.2) is 0 Å². The van der Waals surface area contributed by atoms with E-state index in [-0.39, 0.29) is 0 Å². The standard InChI is InChI=1S/C14H18ClN3/c1-9(2)18-8-11(4)16-14(18)17-13-7-10(3)5-6-12(13)15/h5-9H,1-4H3,(H,16,17). The maximum atomic E-state index is 6.19. The van der Waals surface area contributed by atoms with Gasteiger partial charge in [0.25, 0.3) is 0 Å². The number of aromatic nitrogens is 2. The molecule has 0 atom stereocenters. The van der Waals surface area contributed by atoms with Crippen molar-refractivity contribution in [3.8, 4) is 0 Å². The van der Waals surface area contributed by atoms with Gasteiger partial charge in [-0.25, -0.2) is 4.98 Å². The molecule has 96 valence electrons. The van der Waals surface area contributed by atoms with Crippen molar-refractivity contribution in [1.29, 1.82) is 0 Å². The molecule has 1 aromatic heterocycles. The summed E-state index contributed by atoms with van der Waals surface area (Å²) in [5.41, 5.74) is 3.06. The fourth-order valence-corrected chi connectivity index (χ4v) is 2.02. The number of rotatable bonds is 3. The average Bonchev–Trinajstić information content (AvgIpc) is 2.65. The minimum atomic E-state index is 0.359. The molecule has 2 rings (SSSR count). The van der Waals surface area contributed by atoms with Crippen LogP contribution in [0.15, 0.2) is 24.4 Å². The van der Waals surface area contributed by atoms with E-state index in [1.54, 1.807) is 0 Å². The van der Waals surface area contributed by atoms with Crippen molar-refractivity contribution < 1.29 is 0 Å². The largest absolute Gasteiger partial charge is 0.324 e. The average molecular weight is 264 g/mol. The summed E-state index contributed by atoms with van der Waals surface area (Å²) < 4.78 is 2.11. The predicted molar refractivity (Wildman–Crippen MR) is 76.8 cm³/mol. The van der Waals surface area contributed by atoms with E-state index in [2.05, 4.69) is 28.7 Å². The summed E-state index contributed by atoms with van der Waals surface area (Å²) in [6.07, 6.45) is 2.04. The van der Waals surface area contributed by atoms with Crippen LogP contribution in [-0.4, -0.2) is 9.55 Å². The molecule has 1 heterocycles. The van der Waals surface area contributed by atoms with E-state index in [1.807, 2.05) is 38.2 Å². The van der Waals surface area contributed by atoms with Gasteiger partial charge in [-0.05, 0) is 45.4 Å². The lowest BCUT2D eigenvalue weighted by atomic mass is 10.2. The van der Waals surface area contributed by atoms with Crippen molar-refractivity contribution in [3.63, 3.8) is 0 Å². The molecular formula is C14H18ClN3. The number of aryl methyl sites for hydroxylation is 2. The van der Waals surface area contributed by atoms with Gasteiger partial charge in [0, 0.05) is 12.2 Å². The zero-order chi connectivity index (χ0) is 13.3. The van der Waals surface area contributed by atoms with Gasteiger partial charge in [-0.3, -0.25) is 0 Å². The smallest absolute Gasteiger partial charge is 0.207 e. The maximum absolute atomic E-state index is 6.19. The third-order valence-corrected chi connectivity index (χ3v) is 3.11. The number of benzene rings is 1. The third kappa shape index (κ3) is 2.67. The van der Waals surface area contributed by atoms with Gasteiger partial charge in [0.2, 0.25) is 5.95 Å². The lowest BCUT2D eigenvalue weighted by Gasteiger charge is -2.13. The third-order valence-electron chi connectivity index (χ3n) is 2.78. The normalized spacial score (nSPS) is 11.0. The Hall–Kier alpha value is -1.48. The molecule has 0 fully saturated rings. The molecule has 0 amide bonds. The van der Waals surface area contributed by atoms with Crippen LogP contribution in [0.25, 0.3) is 0 Å². The molecular weight excluding hydrogens is 246 g/mol. The lowest BCUT2D eigenvalue weighted by molar-refractivity contribution is 0.607. The molecule has 0 bridgehead atoms. The molecule has 4 heteroatoms. The van der Waals surface area contributed by atoms with Gasteiger partial charge in [0.1, 0.15) is 0 Å². The van der Waals surface area contributed by atoms with Crippen LogP contribution in [-0.2, 0) is 0 Å². The summed E-state index contributed by atoms with van der Waals surface area (Å²) in [7, 11) is 0. The molecule has 3 nitrogen and oxygen atoms in total. The van der Waals surface area contributed by atoms with Crippen molar-refractivity contribution in [3.05, 3.63) is 40.7 Å². The van der Waals surface area contributed by atoms with Crippen LogP contribution < -0.4 is 5.32 Å². The highest BCUT2D eigenvalue weighted by molar-refractivity contribution is 6.33. The van der Waals surface area contributed by atoms with E-state index in [0.29, 0.717) is 11.1 Å². The van der Waals surface area contributed by atoms with Crippen molar-refractivity contribution in [1.82, 2.24) is 9.55 Å². The van der Waals surface area contributed by atoms with E-state index in [1.165, 1.54) is 5.56 Å². The van der Waals surface area contributed by atoms with E-state index in [9.17, 15) is 0 Å². The SMILES string of the molecule is Cc1ccc(Cl)c(Nc2nc(C)cn2C(C)C)c1. The first-order chi connectivity index (χ1) is 8.47. The first-order valence-corrected chi connectivity index (χ1v) is 6.44. The minimum absolute atomic E-state index is 0.359. The van der Waals surface area contributed by atoms with E-state index >= 15 is 0 Å². The second kappa shape index (κ2) is 5.02. The Morgan fingerprint density at radius 2 is 2.00 bits per heavy atom. The molecule has 0 aliphatic heterocycles. The first kappa shape index (κ1) is 13.0. The molecule has 18 heavy (non-hydrogen) atoms. The van der Waals surface area contributed by atoms with Gasteiger partial charge < -0.3 is 9.88 Å². The monoisotopic (exact) mass is 263 g/mol. The molecule has 1 aromatic carbocycles. The molecule has 0 saturated heterocycles. The number of hydrogen-bond acceptors (Lipinski definition) is 2. The van der Waals surface area contributed by atoms with Gasteiger partial charge in [-0.2, -0.15) is 0 Å². The zero-order valence-corrected chi connectivity index (χ0v) is 11.9. The first-order valence-electron chi connectivity index (χ1n) is 6.06. The Labute approximate surface area is 113 Å². The van der Waals surface area contributed by atoms with Crippen LogP contribution in [0, 0.1) is 13.8 Å². The Kier molecular flexibility index (Phi) is 3.62. The summed E-state index contributed by atoms with van der Waals surface area (Å²) in [5, 5.41) is 4.01. The van der Waals surface area contributed by atoms with Gasteiger partial charge in [-0.1, -0.05) is 17.7 Å². The molecule has 0 aliphatic carbocycles. The van der Waals surface area contributed by atoms with Crippen LogP contribution in [0.5, 0.6) is 0 Å². The summed E-state index contributed by atoms with van der Waals surface area (Å²) >= 11 is 6.19. The van der Waals surface area contributed by atoms with Crippen LogP contribution in [0.4, 0.5) is 11.6 Å². The maximum Gasteiger partial charge on any atom is 0.207 e. The fraction of sp³-hybridized carbons (Fsp3) is 0.357. The zero-order valence-electron chi connectivity index (χ0n) is 11.2. The van der Waals surface area contributed by atoms with Crippen molar-refractivity contribution in [2.45, 2.75) is 33.7 Å². The Balaban J connectivity index is 2.36. The molecule has 0 spiro atoms. The summed E-state index contributed by atoms with van der Waals surface area (Å²) in [6.45, 7) is 8.29. The van der Waals surface area contributed by atoms with Gasteiger partial charge in [0.05, 0.1) is 16.4 Å². The highest BCUT2D eigenvalue weighted by atomic mass is 35.5. The number of anilines is 2. The lowest BCUT2D eigenvalue weighted by Crippen LogP contribution is -2.05.